The van der Waals surface area contributed by atoms with Gasteiger partial charge in [0.1, 0.15) is 5.75 Å². The van der Waals surface area contributed by atoms with Crippen molar-refractivity contribution < 1.29 is 9.84 Å². The number of nitrogens with zero attached hydrogens (tertiary/aromatic N) is 4. The van der Waals surface area contributed by atoms with Crippen LogP contribution in [0.25, 0.3) is 5.69 Å². The molecule has 0 aliphatic carbocycles. The van der Waals surface area contributed by atoms with Crippen LogP contribution in [0.2, 0.25) is 0 Å². The fourth-order valence-electron chi connectivity index (χ4n) is 1.39. The van der Waals surface area contributed by atoms with E-state index in [2.05, 4.69) is 15.5 Å². The van der Waals surface area contributed by atoms with Crippen LogP contribution in [0.4, 0.5) is 0 Å². The number of thioether (sulfide) groups is 1. The van der Waals surface area contributed by atoms with Gasteiger partial charge in [-0.3, -0.25) is 0 Å². The van der Waals surface area contributed by atoms with Crippen molar-refractivity contribution in [3.05, 3.63) is 24.3 Å². The minimum absolute atomic E-state index is 0.223. The molecule has 1 aromatic heterocycles. The van der Waals surface area contributed by atoms with Crippen molar-refractivity contribution >= 4 is 11.8 Å². The number of tetrazole rings is 1. The normalized spacial score (nSPS) is 10.7. The molecule has 2 aromatic rings. The maximum absolute atomic E-state index is 9.24. The first-order chi connectivity index (χ1) is 8.81. The lowest BCUT2D eigenvalue weighted by Gasteiger charge is -2.04. The van der Waals surface area contributed by atoms with Crippen LogP contribution >= 0.6 is 11.8 Å². The van der Waals surface area contributed by atoms with Crippen molar-refractivity contribution in [2.24, 2.45) is 0 Å². The van der Waals surface area contributed by atoms with Crippen LogP contribution in [0.5, 0.6) is 5.75 Å². The summed E-state index contributed by atoms with van der Waals surface area (Å²) in [7, 11) is 1.69. The summed E-state index contributed by atoms with van der Waals surface area (Å²) in [5.41, 5.74) is 0.826. The van der Waals surface area contributed by atoms with Gasteiger partial charge in [-0.2, -0.15) is 4.68 Å². The van der Waals surface area contributed by atoms with Gasteiger partial charge in [0.05, 0.1) is 5.69 Å². The molecule has 0 saturated heterocycles. The number of hydrogen-bond acceptors (Lipinski definition) is 6. The molecule has 0 aliphatic heterocycles. The number of ether oxygens (including phenoxy) is 1. The van der Waals surface area contributed by atoms with Gasteiger partial charge in [-0.05, 0) is 41.1 Å². The molecule has 0 radical (unpaired) electrons. The number of aromatic nitrogens is 4. The summed E-state index contributed by atoms with van der Waals surface area (Å²) in [5, 5.41) is 21.6. The molecule has 2 rings (SSSR count). The van der Waals surface area contributed by atoms with Crippen LogP contribution in [0.1, 0.15) is 6.42 Å². The second-order valence-electron chi connectivity index (χ2n) is 3.58. The van der Waals surface area contributed by atoms with Crippen LogP contribution in [-0.2, 0) is 4.74 Å². The second kappa shape index (κ2) is 6.36. The van der Waals surface area contributed by atoms with E-state index in [0.717, 1.165) is 29.6 Å². The van der Waals surface area contributed by atoms with Gasteiger partial charge in [0, 0.05) is 19.5 Å². The molecule has 0 saturated carbocycles. The molecule has 0 fully saturated rings. The summed E-state index contributed by atoms with van der Waals surface area (Å²) >= 11 is 1.58. The summed E-state index contributed by atoms with van der Waals surface area (Å²) in [6.45, 7) is 0.730. The van der Waals surface area contributed by atoms with Gasteiger partial charge < -0.3 is 9.84 Å². The average Bonchev–Trinajstić information content (AvgIpc) is 2.84. The van der Waals surface area contributed by atoms with E-state index in [1.165, 1.54) is 0 Å². The van der Waals surface area contributed by atoms with Gasteiger partial charge in [0.2, 0.25) is 5.16 Å². The molecule has 0 amide bonds. The molecule has 0 atom stereocenters. The summed E-state index contributed by atoms with van der Waals surface area (Å²) in [6, 6.07) is 6.75. The molecule has 6 nitrogen and oxygen atoms in total. The molecule has 0 unspecified atom stereocenters. The molecule has 0 spiro atoms. The number of phenolic OH excluding ortho intramolecular Hbond substituents is 1. The Morgan fingerprint density at radius 2 is 2.11 bits per heavy atom. The Bertz CT molecular complexity index is 486. The van der Waals surface area contributed by atoms with E-state index < -0.39 is 0 Å². The Hall–Kier alpha value is -1.60. The number of phenols is 1. The van der Waals surface area contributed by atoms with Crippen molar-refractivity contribution in [3.8, 4) is 11.4 Å². The Balaban J connectivity index is 2.05. The number of hydrogen-bond donors (Lipinski definition) is 1. The van der Waals surface area contributed by atoms with Gasteiger partial charge in [-0.1, -0.05) is 11.8 Å². The number of aromatic hydroxyl groups is 1. The molecule has 0 aliphatic rings. The number of methoxy groups -OCH3 is 1. The minimum atomic E-state index is 0.223. The summed E-state index contributed by atoms with van der Waals surface area (Å²) < 4.78 is 6.64. The first-order valence-corrected chi connectivity index (χ1v) is 6.49. The first-order valence-electron chi connectivity index (χ1n) is 5.51. The van der Waals surface area contributed by atoms with Crippen molar-refractivity contribution in [2.75, 3.05) is 19.5 Å². The van der Waals surface area contributed by atoms with E-state index in [1.54, 1.807) is 47.8 Å². The monoisotopic (exact) mass is 266 g/mol. The topological polar surface area (TPSA) is 73.1 Å². The molecule has 7 heteroatoms. The van der Waals surface area contributed by atoms with Crippen LogP contribution < -0.4 is 0 Å². The van der Waals surface area contributed by atoms with E-state index in [9.17, 15) is 5.11 Å². The molecule has 96 valence electrons. The summed E-state index contributed by atoms with van der Waals surface area (Å²) in [4.78, 5) is 0. The summed E-state index contributed by atoms with van der Waals surface area (Å²) in [6.07, 6.45) is 0.948. The molecular formula is C11H14N4O2S. The molecule has 1 aromatic carbocycles. The van der Waals surface area contributed by atoms with E-state index >= 15 is 0 Å². The third kappa shape index (κ3) is 3.21. The summed E-state index contributed by atoms with van der Waals surface area (Å²) in [5.74, 6) is 1.12. The lowest BCUT2D eigenvalue weighted by atomic mass is 10.3. The third-order valence-electron chi connectivity index (χ3n) is 2.26. The standard InChI is InChI=1S/C11H14N4O2S/c1-17-7-2-8-18-11-12-13-14-15(11)9-3-5-10(16)6-4-9/h3-6,16H,2,7-8H2,1H3. The Morgan fingerprint density at radius 3 is 2.83 bits per heavy atom. The van der Waals surface area contributed by atoms with Crippen molar-refractivity contribution in [3.63, 3.8) is 0 Å². The quantitative estimate of drug-likeness (QED) is 0.631. The zero-order chi connectivity index (χ0) is 12.8. The van der Waals surface area contributed by atoms with E-state index in [1.807, 2.05) is 0 Å². The van der Waals surface area contributed by atoms with E-state index in [-0.39, 0.29) is 5.75 Å². The van der Waals surface area contributed by atoms with Gasteiger partial charge in [0.25, 0.3) is 0 Å². The van der Waals surface area contributed by atoms with E-state index in [0.29, 0.717) is 0 Å². The van der Waals surface area contributed by atoms with Crippen molar-refractivity contribution in [1.82, 2.24) is 20.2 Å². The lowest BCUT2D eigenvalue weighted by molar-refractivity contribution is 0.200. The Morgan fingerprint density at radius 1 is 1.33 bits per heavy atom. The zero-order valence-corrected chi connectivity index (χ0v) is 10.8. The van der Waals surface area contributed by atoms with Gasteiger partial charge >= 0.3 is 0 Å². The maximum Gasteiger partial charge on any atom is 0.214 e. The molecule has 18 heavy (non-hydrogen) atoms. The molecule has 1 heterocycles. The molecule has 0 bridgehead atoms. The fourth-order valence-corrected chi connectivity index (χ4v) is 2.19. The Labute approximate surface area is 109 Å². The number of rotatable bonds is 6. The van der Waals surface area contributed by atoms with Crippen molar-refractivity contribution in [2.45, 2.75) is 11.6 Å². The zero-order valence-electron chi connectivity index (χ0n) is 9.98. The fraction of sp³-hybridized carbons (Fsp3) is 0.364. The van der Waals surface area contributed by atoms with Crippen LogP contribution in [0, 0.1) is 0 Å². The van der Waals surface area contributed by atoms with E-state index in [4.69, 9.17) is 4.74 Å². The highest BCUT2D eigenvalue weighted by Crippen LogP contribution is 2.20. The average molecular weight is 266 g/mol. The highest BCUT2D eigenvalue weighted by atomic mass is 32.2. The van der Waals surface area contributed by atoms with Crippen molar-refractivity contribution in [1.29, 1.82) is 0 Å². The maximum atomic E-state index is 9.24. The van der Waals surface area contributed by atoms with Crippen LogP contribution in [0.3, 0.4) is 0 Å². The lowest BCUT2D eigenvalue weighted by Crippen LogP contribution is -1.99. The van der Waals surface area contributed by atoms with Crippen LogP contribution in [-0.4, -0.2) is 44.8 Å². The predicted molar refractivity (Wildman–Crippen MR) is 68.0 cm³/mol. The predicted octanol–water partition coefficient (Wildman–Crippen LogP) is 1.50. The molecule has 1 N–H and O–H groups in total. The highest BCUT2D eigenvalue weighted by molar-refractivity contribution is 7.99. The highest BCUT2D eigenvalue weighted by Gasteiger charge is 2.08. The minimum Gasteiger partial charge on any atom is -0.508 e. The number of benzene rings is 1. The third-order valence-corrected chi connectivity index (χ3v) is 3.26. The largest absolute Gasteiger partial charge is 0.508 e. The Kier molecular flexibility index (Phi) is 4.54. The molecular weight excluding hydrogens is 252 g/mol. The second-order valence-corrected chi connectivity index (χ2v) is 4.65. The van der Waals surface area contributed by atoms with Gasteiger partial charge in [-0.25, -0.2) is 0 Å². The van der Waals surface area contributed by atoms with Crippen LogP contribution in [0.15, 0.2) is 29.4 Å². The first kappa shape index (κ1) is 12.8. The van der Waals surface area contributed by atoms with Gasteiger partial charge in [0.15, 0.2) is 0 Å². The smallest absolute Gasteiger partial charge is 0.214 e. The SMILES string of the molecule is COCCCSc1nnnn1-c1ccc(O)cc1. The van der Waals surface area contributed by atoms with Gasteiger partial charge in [-0.15, -0.1) is 5.10 Å².